The fourth-order valence-electron chi connectivity index (χ4n) is 4.07. The van der Waals surface area contributed by atoms with Crippen LogP contribution in [0.3, 0.4) is 0 Å². The van der Waals surface area contributed by atoms with Gasteiger partial charge in [0.15, 0.2) is 0 Å². The van der Waals surface area contributed by atoms with Crippen LogP contribution in [0, 0.1) is 11.8 Å². The smallest absolute Gasteiger partial charge is 0.118 e. The van der Waals surface area contributed by atoms with Crippen molar-refractivity contribution >= 4 is 11.6 Å². The Kier molecular flexibility index (Phi) is 7.49. The summed E-state index contributed by atoms with van der Waals surface area (Å²) in [6.45, 7) is 0.311. The van der Waals surface area contributed by atoms with E-state index in [-0.39, 0.29) is 6.10 Å². The molecule has 0 saturated carbocycles. The fraction of sp³-hybridized carbons (Fsp3) is 0.440. The zero-order valence-corrected chi connectivity index (χ0v) is 18.3. The van der Waals surface area contributed by atoms with Crippen LogP contribution >= 0.6 is 11.6 Å². The first-order chi connectivity index (χ1) is 15.5. The molecule has 2 aromatic rings. The average Bonchev–Trinajstić information content (AvgIpc) is 3.33. The summed E-state index contributed by atoms with van der Waals surface area (Å²) in [5, 5.41) is 40.5. The lowest BCUT2D eigenvalue weighted by molar-refractivity contribution is -0.231. The van der Waals surface area contributed by atoms with Gasteiger partial charge in [0.05, 0.1) is 6.61 Å². The maximum Gasteiger partial charge on any atom is 0.118 e. The molecule has 2 fully saturated rings. The predicted octanol–water partition coefficient (Wildman–Crippen LogP) is 1.98. The summed E-state index contributed by atoms with van der Waals surface area (Å²) in [5.41, 5.74) is 3.41. The molecule has 170 valence electrons. The summed E-state index contributed by atoms with van der Waals surface area (Å²) in [4.78, 5) is 0. The van der Waals surface area contributed by atoms with Gasteiger partial charge in [0.25, 0.3) is 0 Å². The lowest BCUT2D eigenvalue weighted by Gasteiger charge is -2.40. The summed E-state index contributed by atoms with van der Waals surface area (Å²) in [6, 6.07) is 13.2. The van der Waals surface area contributed by atoms with Gasteiger partial charge < -0.3 is 29.9 Å². The molecule has 2 heterocycles. The topological polar surface area (TPSA) is 99.4 Å². The van der Waals surface area contributed by atoms with E-state index < -0.39 is 37.1 Å². The maximum absolute atomic E-state index is 10.4. The molecule has 0 aliphatic carbocycles. The van der Waals surface area contributed by atoms with E-state index in [1.807, 2.05) is 30.3 Å². The Balaban J connectivity index is 1.49. The molecule has 6 nitrogen and oxygen atoms in total. The van der Waals surface area contributed by atoms with E-state index in [0.29, 0.717) is 17.0 Å². The van der Waals surface area contributed by atoms with Crippen molar-refractivity contribution in [2.45, 2.75) is 55.9 Å². The van der Waals surface area contributed by atoms with Gasteiger partial charge in [-0.15, -0.1) is 0 Å². The number of aliphatic hydroxyl groups excluding tert-OH is 4. The molecular weight excluding hydrogens is 432 g/mol. The normalized spacial score (nSPS) is 30.0. The van der Waals surface area contributed by atoms with E-state index >= 15 is 0 Å². The van der Waals surface area contributed by atoms with Crippen LogP contribution in [-0.4, -0.2) is 64.2 Å². The first-order valence-corrected chi connectivity index (χ1v) is 11.1. The molecule has 0 aromatic heterocycles. The number of hydrogen-bond acceptors (Lipinski definition) is 6. The zero-order chi connectivity index (χ0) is 22.7. The maximum atomic E-state index is 10.4. The van der Waals surface area contributed by atoms with E-state index in [0.717, 1.165) is 36.1 Å². The molecule has 32 heavy (non-hydrogen) atoms. The van der Waals surface area contributed by atoms with Gasteiger partial charge in [0.1, 0.15) is 36.6 Å². The fourth-order valence-corrected chi connectivity index (χ4v) is 4.25. The quantitative estimate of drug-likeness (QED) is 0.523. The second-order valence-corrected chi connectivity index (χ2v) is 8.65. The molecule has 4 N–H and O–H groups in total. The summed E-state index contributed by atoms with van der Waals surface area (Å²) in [6.07, 6.45) is -3.37. The van der Waals surface area contributed by atoms with Gasteiger partial charge in [-0.2, -0.15) is 0 Å². The molecule has 0 unspecified atom stereocenters. The highest BCUT2D eigenvalue weighted by Gasteiger charge is 2.44. The molecule has 7 heteroatoms. The molecule has 6 atom stereocenters. The Hall–Kier alpha value is -1.95. The molecule has 0 radical (unpaired) electrons. The van der Waals surface area contributed by atoms with Crippen molar-refractivity contribution in [2.24, 2.45) is 0 Å². The van der Waals surface area contributed by atoms with E-state index in [9.17, 15) is 20.4 Å². The number of halogens is 1. The van der Waals surface area contributed by atoms with Gasteiger partial charge in [-0.3, -0.25) is 0 Å². The van der Waals surface area contributed by atoms with Crippen molar-refractivity contribution in [3.63, 3.8) is 0 Å². The minimum Gasteiger partial charge on any atom is -0.394 e. The van der Waals surface area contributed by atoms with Gasteiger partial charge in [0, 0.05) is 17.2 Å². The number of ether oxygens (including phenoxy) is 2. The van der Waals surface area contributed by atoms with Crippen LogP contribution in [-0.2, 0) is 15.9 Å². The first-order valence-electron chi connectivity index (χ1n) is 10.8. The molecule has 0 bridgehead atoms. The van der Waals surface area contributed by atoms with Crippen LogP contribution in [0.25, 0.3) is 0 Å². The molecule has 2 aliphatic rings. The number of rotatable bonds is 4. The van der Waals surface area contributed by atoms with Gasteiger partial charge >= 0.3 is 0 Å². The molecule has 0 amide bonds. The average molecular weight is 459 g/mol. The number of hydrogen-bond donors (Lipinski definition) is 4. The summed E-state index contributed by atoms with van der Waals surface area (Å²) >= 11 is 6.41. The van der Waals surface area contributed by atoms with Crippen molar-refractivity contribution in [1.82, 2.24) is 0 Å². The summed E-state index contributed by atoms with van der Waals surface area (Å²) < 4.78 is 11.2. The molecule has 0 spiro atoms. The minimum atomic E-state index is -1.42. The minimum absolute atomic E-state index is 0.0265. The summed E-state index contributed by atoms with van der Waals surface area (Å²) in [5.74, 6) is 6.31. The standard InChI is InChI=1S/C25H27ClO6/c26-20-10-8-17(25-24(30)23(29)22(28)21(14-27)32-25)13-18(20)12-16-5-3-15(4-6-16)7-9-19-2-1-11-31-19/h3-6,8,10,13,19,21-25,27-30H,1-2,11-12,14H2/t19-,21-,22-,23+,24-,25+/m1/s1. The van der Waals surface area contributed by atoms with Crippen LogP contribution in [0.15, 0.2) is 42.5 Å². The largest absolute Gasteiger partial charge is 0.394 e. The Morgan fingerprint density at radius 1 is 1.00 bits per heavy atom. The van der Waals surface area contributed by atoms with Crippen molar-refractivity contribution in [2.75, 3.05) is 13.2 Å². The van der Waals surface area contributed by atoms with E-state index in [1.54, 1.807) is 12.1 Å². The Bertz CT molecular complexity index is 974. The highest BCUT2D eigenvalue weighted by molar-refractivity contribution is 6.31. The predicted molar refractivity (Wildman–Crippen MR) is 119 cm³/mol. The van der Waals surface area contributed by atoms with Gasteiger partial charge in [-0.1, -0.05) is 47.7 Å². The van der Waals surface area contributed by atoms with Gasteiger partial charge in [-0.25, -0.2) is 0 Å². The Morgan fingerprint density at radius 3 is 2.47 bits per heavy atom. The van der Waals surface area contributed by atoms with Gasteiger partial charge in [0.2, 0.25) is 0 Å². The van der Waals surface area contributed by atoms with Crippen LogP contribution < -0.4 is 0 Å². The van der Waals surface area contributed by atoms with Crippen molar-refractivity contribution in [1.29, 1.82) is 0 Å². The van der Waals surface area contributed by atoms with Crippen LogP contribution in [0.4, 0.5) is 0 Å². The number of benzene rings is 2. The second-order valence-electron chi connectivity index (χ2n) is 8.25. The SMILES string of the molecule is OC[C@H]1O[C@@H](c2ccc(Cl)c(Cc3ccc(C#C[C@H]4CCCO4)cc3)c2)[C@H](O)[C@@H](O)[C@@H]1O. The lowest BCUT2D eigenvalue weighted by atomic mass is 9.90. The molecule has 2 aromatic carbocycles. The molecule has 2 aliphatic heterocycles. The van der Waals surface area contributed by atoms with Crippen molar-refractivity contribution < 1.29 is 29.9 Å². The third kappa shape index (κ3) is 5.16. The Morgan fingerprint density at radius 2 is 1.78 bits per heavy atom. The Labute approximate surface area is 192 Å². The molecular formula is C25H27ClO6. The van der Waals surface area contributed by atoms with E-state index in [2.05, 4.69) is 11.8 Å². The molecule has 4 rings (SSSR count). The van der Waals surface area contributed by atoms with Crippen LogP contribution in [0.5, 0.6) is 0 Å². The lowest BCUT2D eigenvalue weighted by Crippen LogP contribution is -2.55. The zero-order valence-electron chi connectivity index (χ0n) is 17.5. The van der Waals surface area contributed by atoms with Crippen LogP contribution in [0.1, 0.15) is 41.2 Å². The number of aliphatic hydroxyl groups is 4. The monoisotopic (exact) mass is 458 g/mol. The first kappa shape index (κ1) is 23.2. The van der Waals surface area contributed by atoms with Crippen molar-refractivity contribution in [3.8, 4) is 11.8 Å². The van der Waals surface area contributed by atoms with Gasteiger partial charge in [-0.05, 0) is 54.2 Å². The highest BCUT2D eigenvalue weighted by Crippen LogP contribution is 2.34. The third-order valence-electron chi connectivity index (χ3n) is 5.95. The second kappa shape index (κ2) is 10.3. The van der Waals surface area contributed by atoms with E-state index in [4.69, 9.17) is 21.1 Å². The highest BCUT2D eigenvalue weighted by atomic mass is 35.5. The third-order valence-corrected chi connectivity index (χ3v) is 6.31. The van der Waals surface area contributed by atoms with Crippen molar-refractivity contribution in [3.05, 3.63) is 69.7 Å². The van der Waals surface area contributed by atoms with E-state index in [1.165, 1.54) is 0 Å². The summed E-state index contributed by atoms with van der Waals surface area (Å²) in [7, 11) is 0. The van der Waals surface area contributed by atoms with Crippen LogP contribution in [0.2, 0.25) is 5.02 Å². The molecule has 2 saturated heterocycles.